The van der Waals surface area contributed by atoms with E-state index in [0.29, 0.717) is 0 Å². The molecule has 2 unspecified atom stereocenters. The molecule has 3 fully saturated rings. The second kappa shape index (κ2) is 5.16. The Morgan fingerprint density at radius 3 is 2.55 bits per heavy atom. The molecular formula is C18H26N2. The summed E-state index contributed by atoms with van der Waals surface area (Å²) < 4.78 is 0. The Balaban J connectivity index is 1.50. The van der Waals surface area contributed by atoms with Crippen molar-refractivity contribution in [1.29, 1.82) is 0 Å². The van der Waals surface area contributed by atoms with E-state index in [-0.39, 0.29) is 0 Å². The van der Waals surface area contributed by atoms with Gasteiger partial charge in [-0.25, -0.2) is 0 Å². The molecule has 1 aliphatic heterocycles. The highest BCUT2D eigenvalue weighted by atomic mass is 15.2. The zero-order chi connectivity index (χ0) is 13.5. The molecule has 4 rings (SSSR count). The Hall–Kier alpha value is -0.860. The van der Waals surface area contributed by atoms with Crippen LogP contribution in [-0.2, 0) is 6.54 Å². The van der Waals surface area contributed by atoms with Gasteiger partial charge in [-0.15, -0.1) is 0 Å². The van der Waals surface area contributed by atoms with Crippen molar-refractivity contribution in [2.75, 3.05) is 13.1 Å². The molecule has 0 radical (unpaired) electrons. The number of benzene rings is 1. The normalized spacial score (nSPS) is 31.4. The van der Waals surface area contributed by atoms with Crippen molar-refractivity contribution >= 4 is 0 Å². The highest BCUT2D eigenvalue weighted by Crippen LogP contribution is 2.40. The Bertz CT molecular complexity index is 476. The zero-order valence-corrected chi connectivity index (χ0v) is 12.5. The number of nitrogens with one attached hydrogen (secondary N) is 1. The average Bonchev–Trinajstić information content (AvgIpc) is 3.34. The summed E-state index contributed by atoms with van der Waals surface area (Å²) in [7, 11) is 0. The molecular weight excluding hydrogens is 244 g/mol. The SMILES string of the molecule is Cc1ccccc1CN1CC(C2CC2)NCC1C1CC1. The Labute approximate surface area is 122 Å². The van der Waals surface area contributed by atoms with E-state index >= 15 is 0 Å². The minimum absolute atomic E-state index is 0.758. The third-order valence-electron chi connectivity index (χ3n) is 5.48. The molecule has 2 atom stereocenters. The van der Waals surface area contributed by atoms with Crippen molar-refractivity contribution in [3.63, 3.8) is 0 Å². The second-order valence-electron chi connectivity index (χ2n) is 7.11. The number of hydrogen-bond acceptors (Lipinski definition) is 2. The van der Waals surface area contributed by atoms with E-state index in [2.05, 4.69) is 41.4 Å². The molecule has 1 heterocycles. The maximum Gasteiger partial charge on any atom is 0.0253 e. The summed E-state index contributed by atoms with van der Waals surface area (Å²) in [4.78, 5) is 2.79. The average molecular weight is 270 g/mol. The lowest BCUT2D eigenvalue weighted by Gasteiger charge is -2.41. The third-order valence-corrected chi connectivity index (χ3v) is 5.48. The molecule has 0 spiro atoms. The number of nitrogens with zero attached hydrogens (tertiary/aromatic N) is 1. The van der Waals surface area contributed by atoms with Crippen LogP contribution in [0.5, 0.6) is 0 Å². The number of rotatable bonds is 4. The van der Waals surface area contributed by atoms with Gasteiger partial charge in [0.25, 0.3) is 0 Å². The molecule has 0 bridgehead atoms. The van der Waals surface area contributed by atoms with Crippen LogP contribution in [0.4, 0.5) is 0 Å². The van der Waals surface area contributed by atoms with Crippen LogP contribution in [0, 0.1) is 18.8 Å². The lowest BCUT2D eigenvalue weighted by molar-refractivity contribution is 0.100. The number of aryl methyl sites for hydroxylation is 1. The summed E-state index contributed by atoms with van der Waals surface area (Å²) in [6.07, 6.45) is 5.80. The summed E-state index contributed by atoms with van der Waals surface area (Å²) in [6.45, 7) is 5.89. The van der Waals surface area contributed by atoms with E-state index in [0.717, 1.165) is 30.5 Å². The fourth-order valence-corrected chi connectivity index (χ4v) is 3.80. The van der Waals surface area contributed by atoms with Crippen molar-refractivity contribution in [2.45, 2.75) is 51.2 Å². The zero-order valence-electron chi connectivity index (χ0n) is 12.5. The smallest absolute Gasteiger partial charge is 0.0253 e. The molecule has 0 amide bonds. The molecule has 2 nitrogen and oxygen atoms in total. The summed E-state index contributed by atoms with van der Waals surface area (Å²) in [6, 6.07) is 10.4. The first-order valence-corrected chi connectivity index (χ1v) is 8.33. The van der Waals surface area contributed by atoms with Crippen molar-refractivity contribution in [3.05, 3.63) is 35.4 Å². The van der Waals surface area contributed by atoms with Gasteiger partial charge in [-0.2, -0.15) is 0 Å². The standard InChI is InChI=1S/C18H26N2/c1-13-4-2-3-5-16(13)11-20-12-17(14-6-7-14)19-10-18(20)15-8-9-15/h2-5,14-15,17-19H,6-12H2,1H3. The highest BCUT2D eigenvalue weighted by Gasteiger charge is 2.42. The molecule has 0 aromatic heterocycles. The van der Waals surface area contributed by atoms with E-state index in [4.69, 9.17) is 0 Å². The lowest BCUT2D eigenvalue weighted by atomic mass is 10.00. The van der Waals surface area contributed by atoms with Gasteiger partial charge in [0.15, 0.2) is 0 Å². The van der Waals surface area contributed by atoms with Gasteiger partial charge < -0.3 is 5.32 Å². The molecule has 3 aliphatic rings. The van der Waals surface area contributed by atoms with Gasteiger partial charge in [-0.3, -0.25) is 4.90 Å². The first-order chi connectivity index (χ1) is 9.81. The molecule has 2 heteroatoms. The molecule has 2 aliphatic carbocycles. The predicted molar refractivity (Wildman–Crippen MR) is 82.6 cm³/mol. The van der Waals surface area contributed by atoms with E-state index in [1.807, 2.05) is 0 Å². The molecule has 1 saturated heterocycles. The molecule has 2 saturated carbocycles. The second-order valence-corrected chi connectivity index (χ2v) is 7.11. The van der Waals surface area contributed by atoms with Gasteiger partial charge in [0.2, 0.25) is 0 Å². The first kappa shape index (κ1) is 12.8. The van der Waals surface area contributed by atoms with E-state index in [1.165, 1.54) is 49.9 Å². The number of hydrogen-bond donors (Lipinski definition) is 1. The fraction of sp³-hybridized carbons (Fsp3) is 0.667. The minimum Gasteiger partial charge on any atom is -0.311 e. The minimum atomic E-state index is 0.758. The Kier molecular flexibility index (Phi) is 3.31. The van der Waals surface area contributed by atoms with Gasteiger partial charge in [0.05, 0.1) is 0 Å². The van der Waals surface area contributed by atoms with Crippen molar-refractivity contribution in [1.82, 2.24) is 10.2 Å². The van der Waals surface area contributed by atoms with Crippen LogP contribution >= 0.6 is 0 Å². The van der Waals surface area contributed by atoms with Crippen molar-refractivity contribution in [2.24, 2.45) is 11.8 Å². The van der Waals surface area contributed by atoms with Crippen molar-refractivity contribution in [3.8, 4) is 0 Å². The van der Waals surface area contributed by atoms with Crippen molar-refractivity contribution < 1.29 is 0 Å². The van der Waals surface area contributed by atoms with Crippen LogP contribution in [-0.4, -0.2) is 30.1 Å². The third kappa shape index (κ3) is 2.64. The lowest BCUT2D eigenvalue weighted by Crippen LogP contribution is -2.57. The van der Waals surface area contributed by atoms with Gasteiger partial charge in [-0.05, 0) is 55.6 Å². The quantitative estimate of drug-likeness (QED) is 0.905. The highest BCUT2D eigenvalue weighted by molar-refractivity contribution is 5.25. The summed E-state index contributed by atoms with van der Waals surface area (Å²) >= 11 is 0. The summed E-state index contributed by atoms with van der Waals surface area (Å²) in [5.74, 6) is 1.93. The van der Waals surface area contributed by atoms with E-state index in [9.17, 15) is 0 Å². The van der Waals surface area contributed by atoms with Gasteiger partial charge in [0.1, 0.15) is 0 Å². The monoisotopic (exact) mass is 270 g/mol. The van der Waals surface area contributed by atoms with Crippen LogP contribution < -0.4 is 5.32 Å². The molecule has 1 aromatic rings. The van der Waals surface area contributed by atoms with E-state index < -0.39 is 0 Å². The predicted octanol–water partition coefficient (Wildman–Crippen LogP) is 2.96. The Morgan fingerprint density at radius 1 is 1.10 bits per heavy atom. The fourth-order valence-electron chi connectivity index (χ4n) is 3.80. The van der Waals surface area contributed by atoms with Crippen LogP contribution in [0.2, 0.25) is 0 Å². The Morgan fingerprint density at radius 2 is 1.85 bits per heavy atom. The summed E-state index contributed by atoms with van der Waals surface area (Å²) in [5.41, 5.74) is 2.97. The molecule has 108 valence electrons. The maximum absolute atomic E-state index is 3.84. The van der Waals surface area contributed by atoms with Crippen LogP contribution in [0.3, 0.4) is 0 Å². The van der Waals surface area contributed by atoms with Gasteiger partial charge >= 0.3 is 0 Å². The van der Waals surface area contributed by atoms with Gasteiger partial charge in [-0.1, -0.05) is 24.3 Å². The van der Waals surface area contributed by atoms with E-state index in [1.54, 1.807) is 0 Å². The van der Waals surface area contributed by atoms with Crippen LogP contribution in [0.1, 0.15) is 36.8 Å². The molecule has 20 heavy (non-hydrogen) atoms. The molecule has 1 N–H and O–H groups in total. The summed E-state index contributed by atoms with van der Waals surface area (Å²) in [5, 5.41) is 3.84. The maximum atomic E-state index is 3.84. The first-order valence-electron chi connectivity index (χ1n) is 8.33. The number of piperazine rings is 1. The largest absolute Gasteiger partial charge is 0.311 e. The van der Waals surface area contributed by atoms with Crippen LogP contribution in [0.15, 0.2) is 24.3 Å². The van der Waals surface area contributed by atoms with Crippen LogP contribution in [0.25, 0.3) is 0 Å². The molecule has 1 aromatic carbocycles. The topological polar surface area (TPSA) is 15.3 Å². The van der Waals surface area contributed by atoms with Gasteiger partial charge in [0, 0.05) is 31.7 Å².